The van der Waals surface area contributed by atoms with Crippen molar-refractivity contribution in [3.05, 3.63) is 66.4 Å². The average molecular weight is 348 g/mol. The highest BCUT2D eigenvalue weighted by atomic mass is 16.1. The molecule has 0 fully saturated rings. The third kappa shape index (κ3) is 3.15. The quantitative estimate of drug-likeness (QED) is 0.781. The number of nitrogens with one attached hydrogen (secondary N) is 1. The fraction of sp³-hybridized carbons (Fsp3) is 0.263. The number of aromatic nitrogens is 4. The van der Waals surface area contributed by atoms with Crippen molar-refractivity contribution >= 4 is 11.6 Å². The van der Waals surface area contributed by atoms with E-state index in [0.29, 0.717) is 23.8 Å². The summed E-state index contributed by atoms with van der Waals surface area (Å²) in [6.45, 7) is 1.61. The molecule has 3 aromatic rings. The van der Waals surface area contributed by atoms with Gasteiger partial charge < -0.3 is 10.2 Å². The Kier molecular flexibility index (Phi) is 4.35. The van der Waals surface area contributed by atoms with E-state index >= 15 is 0 Å². The predicted molar refractivity (Wildman–Crippen MR) is 98.6 cm³/mol. The molecule has 4 rings (SSSR count). The van der Waals surface area contributed by atoms with Gasteiger partial charge in [-0.2, -0.15) is 5.10 Å². The van der Waals surface area contributed by atoms with Crippen molar-refractivity contribution in [3.8, 4) is 5.82 Å². The average Bonchev–Trinajstić information content (AvgIpc) is 3.22. The van der Waals surface area contributed by atoms with Gasteiger partial charge in [0.15, 0.2) is 5.82 Å². The number of carbonyl (C=O) groups excluding carboxylic acids is 1. The molecule has 132 valence electrons. The van der Waals surface area contributed by atoms with Crippen LogP contribution in [0.25, 0.3) is 5.82 Å². The van der Waals surface area contributed by atoms with Crippen molar-refractivity contribution in [3.63, 3.8) is 0 Å². The van der Waals surface area contributed by atoms with E-state index < -0.39 is 0 Å². The van der Waals surface area contributed by atoms with Crippen molar-refractivity contribution in [2.45, 2.75) is 12.3 Å². The van der Waals surface area contributed by atoms with E-state index in [1.165, 1.54) is 22.3 Å². The van der Waals surface area contributed by atoms with Crippen LogP contribution >= 0.6 is 0 Å². The standard InChI is InChI=1S/C19H20N6O/c1-24-9-7-15(16-4-2-3-5-17(16)24)11-22-19(26)14-6-8-21-18(10-14)25-13-20-12-23-25/h2-6,8,10,12-13,15H,7,9,11H2,1H3,(H,22,26)/t15-/m1/s1. The van der Waals surface area contributed by atoms with Crippen molar-refractivity contribution < 1.29 is 4.79 Å². The molecular formula is C19H20N6O. The Morgan fingerprint density at radius 1 is 1.31 bits per heavy atom. The summed E-state index contributed by atoms with van der Waals surface area (Å²) in [5.74, 6) is 0.785. The van der Waals surface area contributed by atoms with Crippen LogP contribution in [-0.4, -0.2) is 45.8 Å². The first-order valence-corrected chi connectivity index (χ1v) is 8.61. The number of hydrogen-bond acceptors (Lipinski definition) is 5. The van der Waals surface area contributed by atoms with Crippen LogP contribution in [0, 0.1) is 0 Å². The van der Waals surface area contributed by atoms with Crippen LogP contribution < -0.4 is 10.2 Å². The van der Waals surface area contributed by atoms with Gasteiger partial charge in [-0.05, 0) is 30.2 Å². The van der Waals surface area contributed by atoms with Crippen molar-refractivity contribution in [1.82, 2.24) is 25.1 Å². The molecule has 0 saturated carbocycles. The molecule has 0 unspecified atom stereocenters. The summed E-state index contributed by atoms with van der Waals surface area (Å²) in [5, 5.41) is 7.11. The summed E-state index contributed by atoms with van der Waals surface area (Å²) in [7, 11) is 2.11. The van der Waals surface area contributed by atoms with Gasteiger partial charge in [-0.25, -0.2) is 14.6 Å². The van der Waals surface area contributed by atoms with Crippen LogP contribution in [0.15, 0.2) is 55.2 Å². The number of pyridine rings is 1. The molecule has 1 amide bonds. The Hall–Kier alpha value is -3.22. The highest BCUT2D eigenvalue weighted by Crippen LogP contribution is 2.33. The molecular weight excluding hydrogens is 328 g/mol. The summed E-state index contributed by atoms with van der Waals surface area (Å²) in [6, 6.07) is 11.8. The molecule has 7 heteroatoms. The first-order chi connectivity index (χ1) is 12.7. The smallest absolute Gasteiger partial charge is 0.251 e. The van der Waals surface area contributed by atoms with Crippen LogP contribution in [0.1, 0.15) is 28.3 Å². The molecule has 1 aliphatic heterocycles. The molecule has 0 saturated heterocycles. The van der Waals surface area contributed by atoms with Gasteiger partial charge in [-0.15, -0.1) is 0 Å². The number of rotatable bonds is 4. The number of para-hydroxylation sites is 1. The molecule has 1 aromatic carbocycles. The Bertz CT molecular complexity index is 908. The van der Waals surface area contributed by atoms with Crippen molar-refractivity contribution in [2.75, 3.05) is 25.0 Å². The van der Waals surface area contributed by atoms with E-state index in [1.807, 2.05) is 0 Å². The maximum Gasteiger partial charge on any atom is 0.251 e. The number of anilines is 1. The number of amides is 1. The topological polar surface area (TPSA) is 75.9 Å². The van der Waals surface area contributed by atoms with Crippen LogP contribution in [0.2, 0.25) is 0 Å². The summed E-state index contributed by atoms with van der Waals surface area (Å²) >= 11 is 0. The SMILES string of the molecule is CN1CC[C@H](CNC(=O)c2ccnc(-n3cncn3)c2)c2ccccc21. The summed E-state index contributed by atoms with van der Waals surface area (Å²) in [5.41, 5.74) is 3.10. The van der Waals surface area contributed by atoms with E-state index in [-0.39, 0.29) is 5.91 Å². The van der Waals surface area contributed by atoms with Crippen molar-refractivity contribution in [1.29, 1.82) is 0 Å². The van der Waals surface area contributed by atoms with Crippen LogP contribution in [0.3, 0.4) is 0 Å². The lowest BCUT2D eigenvalue weighted by molar-refractivity contribution is 0.0950. The Morgan fingerprint density at radius 2 is 2.19 bits per heavy atom. The summed E-state index contributed by atoms with van der Waals surface area (Å²) in [6.07, 6.45) is 5.62. The minimum atomic E-state index is -0.106. The highest BCUT2D eigenvalue weighted by molar-refractivity contribution is 5.94. The lowest BCUT2D eigenvalue weighted by Gasteiger charge is -2.33. The number of benzene rings is 1. The van der Waals surface area contributed by atoms with Gasteiger partial charge in [-0.3, -0.25) is 4.79 Å². The minimum absolute atomic E-state index is 0.106. The molecule has 0 bridgehead atoms. The maximum absolute atomic E-state index is 12.6. The Labute approximate surface area is 151 Å². The van der Waals surface area contributed by atoms with Gasteiger partial charge in [0, 0.05) is 43.5 Å². The third-order valence-electron chi connectivity index (χ3n) is 4.77. The second kappa shape index (κ2) is 6.95. The van der Waals surface area contributed by atoms with E-state index in [2.05, 4.69) is 56.6 Å². The normalized spacial score (nSPS) is 16.2. The largest absolute Gasteiger partial charge is 0.374 e. The Morgan fingerprint density at radius 3 is 3.04 bits per heavy atom. The van der Waals surface area contributed by atoms with Gasteiger partial charge in [0.2, 0.25) is 0 Å². The molecule has 2 aromatic heterocycles. The second-order valence-corrected chi connectivity index (χ2v) is 6.42. The molecule has 26 heavy (non-hydrogen) atoms. The number of fused-ring (bicyclic) bond motifs is 1. The van der Waals surface area contributed by atoms with E-state index in [4.69, 9.17) is 0 Å². The molecule has 0 spiro atoms. The van der Waals surface area contributed by atoms with Gasteiger partial charge in [0.25, 0.3) is 5.91 Å². The Balaban J connectivity index is 1.47. The number of hydrogen-bond donors (Lipinski definition) is 1. The molecule has 1 atom stereocenters. The lowest BCUT2D eigenvalue weighted by Crippen LogP contribution is -2.34. The van der Waals surface area contributed by atoms with Gasteiger partial charge in [0.1, 0.15) is 12.7 Å². The fourth-order valence-electron chi connectivity index (χ4n) is 3.35. The first kappa shape index (κ1) is 16.3. The number of nitrogens with zero attached hydrogens (tertiary/aromatic N) is 5. The zero-order chi connectivity index (χ0) is 17.9. The van der Waals surface area contributed by atoms with E-state index in [9.17, 15) is 4.79 Å². The molecule has 3 heterocycles. The zero-order valence-corrected chi connectivity index (χ0v) is 14.5. The maximum atomic E-state index is 12.6. The van der Waals surface area contributed by atoms with E-state index in [1.54, 1.807) is 24.7 Å². The zero-order valence-electron chi connectivity index (χ0n) is 14.5. The fourth-order valence-corrected chi connectivity index (χ4v) is 3.35. The predicted octanol–water partition coefficient (Wildman–Crippen LogP) is 2.02. The second-order valence-electron chi connectivity index (χ2n) is 6.42. The van der Waals surface area contributed by atoms with Crippen LogP contribution in [0.5, 0.6) is 0 Å². The molecule has 0 radical (unpaired) electrons. The lowest BCUT2D eigenvalue weighted by atomic mass is 9.90. The van der Waals surface area contributed by atoms with Crippen molar-refractivity contribution in [2.24, 2.45) is 0 Å². The summed E-state index contributed by atoms with van der Waals surface area (Å²) in [4.78, 5) is 23.0. The first-order valence-electron chi connectivity index (χ1n) is 8.61. The molecule has 7 nitrogen and oxygen atoms in total. The van der Waals surface area contributed by atoms with Crippen LogP contribution in [0.4, 0.5) is 5.69 Å². The monoisotopic (exact) mass is 348 g/mol. The van der Waals surface area contributed by atoms with Gasteiger partial charge in [-0.1, -0.05) is 18.2 Å². The summed E-state index contributed by atoms with van der Waals surface area (Å²) < 4.78 is 1.53. The molecule has 1 N–H and O–H groups in total. The highest BCUT2D eigenvalue weighted by Gasteiger charge is 2.23. The van der Waals surface area contributed by atoms with E-state index in [0.717, 1.165) is 13.0 Å². The number of carbonyl (C=O) groups is 1. The molecule has 0 aliphatic carbocycles. The minimum Gasteiger partial charge on any atom is -0.374 e. The third-order valence-corrected chi connectivity index (χ3v) is 4.77. The van der Waals surface area contributed by atoms with Crippen LogP contribution in [-0.2, 0) is 0 Å². The van der Waals surface area contributed by atoms with Gasteiger partial charge in [0.05, 0.1) is 0 Å². The van der Waals surface area contributed by atoms with Gasteiger partial charge >= 0.3 is 0 Å². The molecule has 1 aliphatic rings.